The topological polar surface area (TPSA) is 41.5 Å². The molecule has 6 heteroatoms. The SMILES string of the molecule is CC(O)CNCCOc1c(Cl)cc(Cl)cc1Cl. The minimum absolute atomic E-state index is 0.377. The molecule has 0 fully saturated rings. The van der Waals surface area contributed by atoms with Crippen LogP contribution >= 0.6 is 34.8 Å². The predicted molar refractivity (Wildman–Crippen MR) is 71.5 cm³/mol. The lowest BCUT2D eigenvalue weighted by Gasteiger charge is -2.11. The van der Waals surface area contributed by atoms with E-state index in [1.54, 1.807) is 19.1 Å². The fourth-order valence-corrected chi connectivity index (χ4v) is 2.13. The third-order valence-corrected chi connectivity index (χ3v) is 2.71. The Morgan fingerprint density at radius 1 is 1.29 bits per heavy atom. The van der Waals surface area contributed by atoms with Crippen LogP contribution in [0.1, 0.15) is 6.92 Å². The number of nitrogens with one attached hydrogen (secondary N) is 1. The molecule has 0 aliphatic carbocycles. The Labute approximate surface area is 116 Å². The van der Waals surface area contributed by atoms with Gasteiger partial charge in [-0.05, 0) is 19.1 Å². The highest BCUT2D eigenvalue weighted by atomic mass is 35.5. The normalized spacial score (nSPS) is 12.5. The van der Waals surface area contributed by atoms with Crippen molar-refractivity contribution >= 4 is 34.8 Å². The summed E-state index contributed by atoms with van der Waals surface area (Å²) >= 11 is 17.7. The van der Waals surface area contributed by atoms with Crippen molar-refractivity contribution in [2.24, 2.45) is 0 Å². The number of aliphatic hydroxyl groups is 1. The Kier molecular flexibility index (Phi) is 6.38. The third-order valence-electron chi connectivity index (χ3n) is 1.93. The molecular weight excluding hydrogens is 284 g/mol. The molecule has 0 aromatic heterocycles. The maximum Gasteiger partial charge on any atom is 0.156 e. The lowest BCUT2D eigenvalue weighted by atomic mass is 10.3. The van der Waals surface area contributed by atoms with Crippen molar-refractivity contribution in [2.45, 2.75) is 13.0 Å². The van der Waals surface area contributed by atoms with Gasteiger partial charge in [0.15, 0.2) is 5.75 Å². The molecule has 0 saturated carbocycles. The summed E-state index contributed by atoms with van der Waals surface area (Å²) in [6.07, 6.45) is -0.377. The van der Waals surface area contributed by atoms with Crippen molar-refractivity contribution in [3.05, 3.63) is 27.2 Å². The van der Waals surface area contributed by atoms with E-state index < -0.39 is 0 Å². The first-order valence-electron chi connectivity index (χ1n) is 5.17. The first-order valence-corrected chi connectivity index (χ1v) is 6.30. The van der Waals surface area contributed by atoms with Crippen LogP contribution in [0.5, 0.6) is 5.75 Å². The highest BCUT2D eigenvalue weighted by Gasteiger charge is 2.08. The number of halogens is 3. The summed E-state index contributed by atoms with van der Waals surface area (Å²) in [6, 6.07) is 3.15. The molecule has 3 nitrogen and oxygen atoms in total. The molecule has 0 aliphatic heterocycles. The van der Waals surface area contributed by atoms with E-state index in [0.717, 1.165) is 0 Å². The second-order valence-corrected chi connectivity index (χ2v) is 4.85. The van der Waals surface area contributed by atoms with Crippen molar-refractivity contribution in [1.29, 1.82) is 0 Å². The molecule has 96 valence electrons. The predicted octanol–water partition coefficient (Wildman–Crippen LogP) is 3.00. The molecule has 0 saturated heterocycles. The highest BCUT2D eigenvalue weighted by molar-refractivity contribution is 6.40. The van der Waals surface area contributed by atoms with E-state index in [9.17, 15) is 0 Å². The van der Waals surface area contributed by atoms with Crippen LogP contribution in [-0.2, 0) is 0 Å². The van der Waals surface area contributed by atoms with Crippen molar-refractivity contribution in [1.82, 2.24) is 5.32 Å². The van der Waals surface area contributed by atoms with Gasteiger partial charge in [0.25, 0.3) is 0 Å². The summed E-state index contributed by atoms with van der Waals surface area (Å²) in [6.45, 7) is 3.24. The average Bonchev–Trinajstić information content (AvgIpc) is 2.20. The number of hydrogen-bond donors (Lipinski definition) is 2. The number of benzene rings is 1. The van der Waals surface area contributed by atoms with Crippen molar-refractivity contribution < 1.29 is 9.84 Å². The van der Waals surface area contributed by atoms with E-state index in [1.165, 1.54) is 0 Å². The van der Waals surface area contributed by atoms with Gasteiger partial charge in [-0.25, -0.2) is 0 Å². The van der Waals surface area contributed by atoms with Crippen LogP contribution in [0, 0.1) is 0 Å². The van der Waals surface area contributed by atoms with Crippen LogP contribution in [0.25, 0.3) is 0 Å². The molecule has 0 bridgehead atoms. The molecule has 0 amide bonds. The molecule has 0 aliphatic rings. The first-order chi connectivity index (χ1) is 8.00. The van der Waals surface area contributed by atoms with Gasteiger partial charge in [-0.3, -0.25) is 0 Å². The molecule has 2 N–H and O–H groups in total. The lowest BCUT2D eigenvalue weighted by Crippen LogP contribution is -2.28. The molecule has 0 radical (unpaired) electrons. The number of hydrogen-bond acceptors (Lipinski definition) is 3. The number of aliphatic hydroxyl groups excluding tert-OH is 1. The second kappa shape index (κ2) is 7.29. The minimum Gasteiger partial charge on any atom is -0.489 e. The van der Waals surface area contributed by atoms with Gasteiger partial charge in [-0.1, -0.05) is 34.8 Å². The number of rotatable bonds is 6. The largest absolute Gasteiger partial charge is 0.489 e. The molecular formula is C11H14Cl3NO2. The Balaban J connectivity index is 2.42. The summed E-state index contributed by atoms with van der Waals surface area (Å²) in [5, 5.41) is 13.3. The molecule has 1 aromatic rings. The van der Waals surface area contributed by atoms with E-state index >= 15 is 0 Å². The quantitative estimate of drug-likeness (QED) is 0.793. The molecule has 0 spiro atoms. The van der Waals surface area contributed by atoms with Gasteiger partial charge < -0.3 is 15.2 Å². The Morgan fingerprint density at radius 3 is 2.41 bits per heavy atom. The summed E-state index contributed by atoms with van der Waals surface area (Å²) in [5.74, 6) is 0.427. The average molecular weight is 299 g/mol. The van der Waals surface area contributed by atoms with Gasteiger partial charge >= 0.3 is 0 Å². The summed E-state index contributed by atoms with van der Waals surface area (Å²) in [7, 11) is 0. The molecule has 17 heavy (non-hydrogen) atoms. The van der Waals surface area contributed by atoms with Gasteiger partial charge in [0.05, 0.1) is 16.1 Å². The molecule has 1 rings (SSSR count). The lowest BCUT2D eigenvalue weighted by molar-refractivity contribution is 0.188. The minimum atomic E-state index is -0.377. The van der Waals surface area contributed by atoms with Crippen molar-refractivity contribution in [2.75, 3.05) is 19.7 Å². The maximum atomic E-state index is 9.03. The van der Waals surface area contributed by atoms with Crippen LogP contribution in [0.4, 0.5) is 0 Å². The standard InChI is InChI=1S/C11H14Cl3NO2/c1-7(16)6-15-2-3-17-11-9(13)4-8(12)5-10(11)14/h4-5,7,15-16H,2-3,6H2,1H3. The Hall–Kier alpha value is -0.190. The summed E-state index contributed by atoms with van der Waals surface area (Å²) in [5.41, 5.74) is 0. The van der Waals surface area contributed by atoms with E-state index in [4.69, 9.17) is 44.6 Å². The smallest absolute Gasteiger partial charge is 0.156 e. The third kappa shape index (κ3) is 5.32. The second-order valence-electron chi connectivity index (χ2n) is 3.60. The molecule has 1 aromatic carbocycles. The fraction of sp³-hybridized carbons (Fsp3) is 0.455. The monoisotopic (exact) mass is 297 g/mol. The Bertz CT molecular complexity index is 349. The van der Waals surface area contributed by atoms with Crippen LogP contribution in [0.15, 0.2) is 12.1 Å². The van der Waals surface area contributed by atoms with E-state index in [2.05, 4.69) is 5.32 Å². The zero-order valence-corrected chi connectivity index (χ0v) is 11.6. The number of ether oxygens (including phenoxy) is 1. The van der Waals surface area contributed by atoms with E-state index in [0.29, 0.717) is 40.5 Å². The summed E-state index contributed by atoms with van der Waals surface area (Å²) < 4.78 is 5.44. The van der Waals surface area contributed by atoms with Gasteiger partial charge in [0.2, 0.25) is 0 Å². The first kappa shape index (κ1) is 14.9. The zero-order valence-electron chi connectivity index (χ0n) is 9.34. The maximum absolute atomic E-state index is 9.03. The van der Waals surface area contributed by atoms with Crippen LogP contribution in [-0.4, -0.2) is 30.9 Å². The van der Waals surface area contributed by atoms with Crippen molar-refractivity contribution in [3.8, 4) is 5.75 Å². The Morgan fingerprint density at radius 2 is 1.88 bits per heavy atom. The molecule has 0 heterocycles. The molecule has 1 atom stereocenters. The van der Waals surface area contributed by atoms with Gasteiger partial charge in [0.1, 0.15) is 6.61 Å². The van der Waals surface area contributed by atoms with Crippen LogP contribution < -0.4 is 10.1 Å². The highest BCUT2D eigenvalue weighted by Crippen LogP contribution is 2.35. The fourth-order valence-electron chi connectivity index (χ4n) is 1.20. The van der Waals surface area contributed by atoms with E-state index in [-0.39, 0.29) is 6.10 Å². The van der Waals surface area contributed by atoms with Gasteiger partial charge in [0, 0.05) is 18.1 Å². The van der Waals surface area contributed by atoms with Gasteiger partial charge in [-0.15, -0.1) is 0 Å². The molecule has 1 unspecified atom stereocenters. The van der Waals surface area contributed by atoms with Gasteiger partial charge in [-0.2, -0.15) is 0 Å². The van der Waals surface area contributed by atoms with Crippen LogP contribution in [0.2, 0.25) is 15.1 Å². The zero-order chi connectivity index (χ0) is 12.8. The van der Waals surface area contributed by atoms with E-state index in [1.807, 2.05) is 0 Å². The van der Waals surface area contributed by atoms with Crippen LogP contribution in [0.3, 0.4) is 0 Å². The summed E-state index contributed by atoms with van der Waals surface area (Å²) in [4.78, 5) is 0. The van der Waals surface area contributed by atoms with Crippen molar-refractivity contribution in [3.63, 3.8) is 0 Å².